The molecule has 0 saturated heterocycles. The summed E-state index contributed by atoms with van der Waals surface area (Å²) in [6, 6.07) is 9.01. The van der Waals surface area contributed by atoms with Gasteiger partial charge in [-0.3, -0.25) is 0 Å². The molecule has 3 N–H and O–H groups in total. The molecule has 0 spiro atoms. The van der Waals surface area contributed by atoms with Gasteiger partial charge in [0.1, 0.15) is 5.82 Å². The Kier molecular flexibility index (Phi) is 2.18. The molecule has 1 aromatic carbocycles. The average Bonchev–Trinajstić information content (AvgIpc) is 2.79. The van der Waals surface area contributed by atoms with Crippen LogP contribution in [-0.4, -0.2) is 17.0 Å². The van der Waals surface area contributed by atoms with Crippen molar-refractivity contribution in [3.63, 3.8) is 0 Å². The number of aromatic nitrogens is 2. The van der Waals surface area contributed by atoms with Gasteiger partial charge in [-0.1, -0.05) is 0 Å². The molecule has 0 unspecified atom stereocenters. The van der Waals surface area contributed by atoms with Crippen molar-refractivity contribution in [2.24, 2.45) is 0 Å². The van der Waals surface area contributed by atoms with Gasteiger partial charge in [0.25, 0.3) is 0 Å². The van der Waals surface area contributed by atoms with Crippen LogP contribution in [0.1, 0.15) is 0 Å². The summed E-state index contributed by atoms with van der Waals surface area (Å²) in [5.41, 5.74) is 6.31. The van der Waals surface area contributed by atoms with Gasteiger partial charge in [-0.15, -0.1) is 10.2 Å². The van der Waals surface area contributed by atoms with E-state index < -0.39 is 0 Å². The standard InChI is InChI=1S/C11H10N4O2/c12-10-3-4-11(15-14-10)13-7-1-2-8-9(5-7)17-6-16-8/h1-5H,6H2,(H2,12,14)(H,13,15). The molecule has 0 radical (unpaired) electrons. The van der Waals surface area contributed by atoms with Crippen LogP contribution in [0.5, 0.6) is 11.5 Å². The molecule has 86 valence electrons. The van der Waals surface area contributed by atoms with Crippen LogP contribution in [-0.2, 0) is 0 Å². The number of nitrogens with one attached hydrogen (secondary N) is 1. The summed E-state index contributed by atoms with van der Waals surface area (Å²) < 4.78 is 10.5. The van der Waals surface area contributed by atoms with Crippen LogP contribution in [0.15, 0.2) is 30.3 Å². The zero-order valence-electron chi connectivity index (χ0n) is 8.88. The predicted molar refractivity (Wildman–Crippen MR) is 62.3 cm³/mol. The molecule has 0 aliphatic carbocycles. The third-order valence-corrected chi connectivity index (χ3v) is 2.33. The van der Waals surface area contributed by atoms with Crippen LogP contribution in [0.25, 0.3) is 0 Å². The summed E-state index contributed by atoms with van der Waals surface area (Å²) in [6.07, 6.45) is 0. The van der Waals surface area contributed by atoms with Gasteiger partial charge in [0.2, 0.25) is 6.79 Å². The second-order valence-electron chi connectivity index (χ2n) is 3.54. The lowest BCUT2D eigenvalue weighted by atomic mass is 10.3. The number of benzene rings is 1. The van der Waals surface area contributed by atoms with Crippen LogP contribution in [0, 0.1) is 0 Å². The molecule has 3 rings (SSSR count). The first-order valence-electron chi connectivity index (χ1n) is 5.07. The minimum Gasteiger partial charge on any atom is -0.454 e. The third-order valence-electron chi connectivity index (χ3n) is 2.33. The van der Waals surface area contributed by atoms with Crippen molar-refractivity contribution in [3.05, 3.63) is 30.3 Å². The van der Waals surface area contributed by atoms with E-state index in [0.29, 0.717) is 11.6 Å². The predicted octanol–water partition coefficient (Wildman–Crippen LogP) is 1.53. The van der Waals surface area contributed by atoms with Gasteiger partial charge < -0.3 is 20.5 Å². The van der Waals surface area contributed by atoms with Crippen LogP contribution >= 0.6 is 0 Å². The van der Waals surface area contributed by atoms with Crippen molar-refractivity contribution in [2.45, 2.75) is 0 Å². The summed E-state index contributed by atoms with van der Waals surface area (Å²) in [6.45, 7) is 0.264. The zero-order valence-corrected chi connectivity index (χ0v) is 8.88. The highest BCUT2D eigenvalue weighted by molar-refractivity contribution is 5.61. The Morgan fingerprint density at radius 2 is 1.94 bits per heavy atom. The molecule has 17 heavy (non-hydrogen) atoms. The van der Waals surface area contributed by atoms with Gasteiger partial charge in [0, 0.05) is 11.8 Å². The van der Waals surface area contributed by atoms with Crippen molar-refractivity contribution < 1.29 is 9.47 Å². The van der Waals surface area contributed by atoms with E-state index >= 15 is 0 Å². The Balaban J connectivity index is 1.83. The highest BCUT2D eigenvalue weighted by Gasteiger charge is 2.13. The largest absolute Gasteiger partial charge is 0.454 e. The van der Waals surface area contributed by atoms with E-state index in [2.05, 4.69) is 15.5 Å². The number of ether oxygens (including phenoxy) is 2. The lowest BCUT2D eigenvalue weighted by Gasteiger charge is -2.05. The number of nitrogens with two attached hydrogens (primary N) is 1. The number of nitrogen functional groups attached to an aromatic ring is 1. The lowest BCUT2D eigenvalue weighted by molar-refractivity contribution is 0.174. The van der Waals surface area contributed by atoms with E-state index in [-0.39, 0.29) is 6.79 Å². The maximum Gasteiger partial charge on any atom is 0.231 e. The van der Waals surface area contributed by atoms with E-state index in [1.54, 1.807) is 12.1 Å². The molecular weight excluding hydrogens is 220 g/mol. The maximum absolute atomic E-state index is 5.46. The van der Waals surface area contributed by atoms with Crippen molar-refractivity contribution in [2.75, 3.05) is 17.8 Å². The summed E-state index contributed by atoms with van der Waals surface area (Å²) in [5, 5.41) is 10.8. The molecule has 0 bridgehead atoms. The average molecular weight is 230 g/mol. The molecular formula is C11H10N4O2. The van der Waals surface area contributed by atoms with E-state index in [1.165, 1.54) is 0 Å². The van der Waals surface area contributed by atoms with Gasteiger partial charge in [0.15, 0.2) is 17.3 Å². The second kappa shape index (κ2) is 3.82. The SMILES string of the molecule is Nc1ccc(Nc2ccc3c(c2)OCO3)nn1. The lowest BCUT2D eigenvalue weighted by Crippen LogP contribution is -1.98. The molecule has 6 nitrogen and oxygen atoms in total. The highest BCUT2D eigenvalue weighted by atomic mass is 16.7. The highest BCUT2D eigenvalue weighted by Crippen LogP contribution is 2.34. The Bertz CT molecular complexity index is 542. The molecule has 2 heterocycles. The Morgan fingerprint density at radius 1 is 1.06 bits per heavy atom. The van der Waals surface area contributed by atoms with Gasteiger partial charge in [0.05, 0.1) is 0 Å². The first-order valence-corrected chi connectivity index (χ1v) is 5.07. The summed E-state index contributed by atoms with van der Waals surface area (Å²) in [5.74, 6) is 2.48. The van der Waals surface area contributed by atoms with Gasteiger partial charge >= 0.3 is 0 Å². The summed E-state index contributed by atoms with van der Waals surface area (Å²) in [4.78, 5) is 0. The minimum absolute atomic E-state index is 0.264. The quantitative estimate of drug-likeness (QED) is 0.814. The molecule has 0 saturated carbocycles. The van der Waals surface area contributed by atoms with E-state index in [1.807, 2.05) is 18.2 Å². The van der Waals surface area contributed by atoms with Crippen LogP contribution in [0.4, 0.5) is 17.3 Å². The van der Waals surface area contributed by atoms with Crippen molar-refractivity contribution in [3.8, 4) is 11.5 Å². The molecule has 0 atom stereocenters. The maximum atomic E-state index is 5.46. The Morgan fingerprint density at radius 3 is 2.76 bits per heavy atom. The molecule has 2 aromatic rings. The summed E-state index contributed by atoms with van der Waals surface area (Å²) in [7, 11) is 0. The van der Waals surface area contributed by atoms with Crippen molar-refractivity contribution in [1.29, 1.82) is 0 Å². The monoisotopic (exact) mass is 230 g/mol. The normalized spacial score (nSPS) is 12.5. The number of hydrogen-bond acceptors (Lipinski definition) is 6. The third kappa shape index (κ3) is 1.92. The Hall–Kier alpha value is -2.50. The number of rotatable bonds is 2. The van der Waals surface area contributed by atoms with E-state index in [9.17, 15) is 0 Å². The number of hydrogen-bond donors (Lipinski definition) is 2. The van der Waals surface area contributed by atoms with Crippen molar-refractivity contribution in [1.82, 2.24) is 10.2 Å². The van der Waals surface area contributed by atoms with E-state index in [4.69, 9.17) is 15.2 Å². The fourth-order valence-electron chi connectivity index (χ4n) is 1.53. The molecule has 1 aliphatic heterocycles. The molecule has 6 heteroatoms. The summed E-state index contributed by atoms with van der Waals surface area (Å²) >= 11 is 0. The number of anilines is 3. The van der Waals surface area contributed by atoms with Crippen LogP contribution < -0.4 is 20.5 Å². The first kappa shape index (κ1) is 9.71. The van der Waals surface area contributed by atoms with E-state index in [0.717, 1.165) is 17.2 Å². The molecule has 1 aliphatic rings. The number of fused-ring (bicyclic) bond motifs is 1. The molecule has 0 fully saturated rings. The molecule has 0 amide bonds. The first-order chi connectivity index (χ1) is 8.31. The zero-order chi connectivity index (χ0) is 11.7. The van der Waals surface area contributed by atoms with Gasteiger partial charge in [-0.2, -0.15) is 0 Å². The second-order valence-corrected chi connectivity index (χ2v) is 3.54. The minimum atomic E-state index is 0.264. The molecule has 1 aromatic heterocycles. The van der Waals surface area contributed by atoms with Gasteiger partial charge in [-0.25, -0.2) is 0 Å². The van der Waals surface area contributed by atoms with Crippen molar-refractivity contribution >= 4 is 17.3 Å². The smallest absolute Gasteiger partial charge is 0.231 e. The Labute approximate surface area is 97.4 Å². The topological polar surface area (TPSA) is 82.3 Å². The van der Waals surface area contributed by atoms with Crippen LogP contribution in [0.2, 0.25) is 0 Å². The fraction of sp³-hybridized carbons (Fsp3) is 0.0909. The number of nitrogens with zero attached hydrogens (tertiary/aromatic N) is 2. The van der Waals surface area contributed by atoms with Gasteiger partial charge in [-0.05, 0) is 24.3 Å². The fourth-order valence-corrected chi connectivity index (χ4v) is 1.53. The van der Waals surface area contributed by atoms with Crippen LogP contribution in [0.3, 0.4) is 0 Å².